The molecule has 0 aromatic rings. The highest BCUT2D eigenvalue weighted by Crippen LogP contribution is 2.13. The number of hydrogen-bond acceptors (Lipinski definition) is 19. The SMILES string of the molecule is CCCCCCCC/C=C\CCCCCCCCOCC(COCCOCCOCCOCCOCCOCCOCCOCCOCCOCCOC(=O)CNCCOC(=O)CNCCOC)OCCCCCCCC/C=C\CCCCCCCC. The molecule has 19 nitrogen and oxygen atoms in total. The van der Waals surface area contributed by atoms with Crippen LogP contribution in [0.4, 0.5) is 0 Å². The number of carbonyl (C=O) groups is 2. The Balaban J connectivity index is 3.79. The van der Waals surface area contributed by atoms with Crippen molar-refractivity contribution in [2.45, 2.75) is 200 Å². The minimum Gasteiger partial charge on any atom is -0.463 e. The topological polar surface area (TPSA) is 197 Å². The minimum absolute atomic E-state index is 0.0143. The second kappa shape index (κ2) is 78.1. The van der Waals surface area contributed by atoms with E-state index in [4.69, 9.17) is 71.1 Å². The van der Waals surface area contributed by atoms with Gasteiger partial charge in [-0.3, -0.25) is 9.59 Å². The smallest absolute Gasteiger partial charge is 0.320 e. The van der Waals surface area contributed by atoms with Crippen LogP contribution in [0.2, 0.25) is 0 Å². The van der Waals surface area contributed by atoms with Gasteiger partial charge in [0.05, 0.1) is 158 Å². The molecule has 0 bridgehead atoms. The first kappa shape index (κ1) is 84.8. The lowest BCUT2D eigenvalue weighted by molar-refractivity contribution is -0.144. The van der Waals surface area contributed by atoms with E-state index < -0.39 is 5.97 Å². The second-order valence-electron chi connectivity index (χ2n) is 21.8. The normalized spacial score (nSPS) is 12.2. The van der Waals surface area contributed by atoms with E-state index in [2.05, 4.69) is 48.8 Å². The Morgan fingerprint density at radius 1 is 0.299 bits per heavy atom. The molecule has 1 unspecified atom stereocenters. The molecule has 0 aromatic carbocycles. The summed E-state index contributed by atoms with van der Waals surface area (Å²) in [7, 11) is 1.59. The third kappa shape index (κ3) is 76.2. The van der Waals surface area contributed by atoms with Crippen molar-refractivity contribution >= 4 is 11.9 Å². The summed E-state index contributed by atoms with van der Waals surface area (Å²) in [5, 5.41) is 5.76. The number of allylic oxidation sites excluding steroid dienone is 4. The van der Waals surface area contributed by atoms with Gasteiger partial charge >= 0.3 is 11.9 Å². The first-order chi connectivity index (χ1) is 43.1. The highest BCUT2D eigenvalue weighted by atomic mass is 16.6. The largest absolute Gasteiger partial charge is 0.463 e. The number of carbonyl (C=O) groups excluding carboxylic acids is 2. The van der Waals surface area contributed by atoms with Crippen LogP contribution in [-0.4, -0.2) is 223 Å². The Bertz CT molecular complexity index is 1390. The molecule has 0 spiro atoms. The van der Waals surface area contributed by atoms with Crippen molar-refractivity contribution in [3.05, 3.63) is 24.3 Å². The molecule has 0 amide bonds. The summed E-state index contributed by atoms with van der Waals surface area (Å²) >= 11 is 0. The van der Waals surface area contributed by atoms with Gasteiger partial charge < -0.3 is 81.7 Å². The predicted molar refractivity (Wildman–Crippen MR) is 347 cm³/mol. The molecule has 0 aliphatic rings. The van der Waals surface area contributed by atoms with E-state index in [1.54, 1.807) is 7.11 Å². The third-order valence-electron chi connectivity index (χ3n) is 13.8. The molecule has 1 atom stereocenters. The van der Waals surface area contributed by atoms with Crippen molar-refractivity contribution in [2.75, 3.05) is 205 Å². The Labute approximate surface area is 530 Å². The van der Waals surface area contributed by atoms with Crippen molar-refractivity contribution < 1.29 is 80.6 Å². The highest BCUT2D eigenvalue weighted by molar-refractivity contribution is 5.72. The van der Waals surface area contributed by atoms with Gasteiger partial charge in [-0.2, -0.15) is 0 Å². The predicted octanol–water partition coefficient (Wildman–Crippen LogP) is 11.5. The van der Waals surface area contributed by atoms with Crippen molar-refractivity contribution in [3.8, 4) is 0 Å². The Hall–Kier alpha value is -2.18. The van der Waals surface area contributed by atoms with Crippen molar-refractivity contribution in [2.24, 2.45) is 0 Å². The maximum atomic E-state index is 11.8. The van der Waals surface area contributed by atoms with E-state index in [1.165, 1.54) is 167 Å². The van der Waals surface area contributed by atoms with Crippen molar-refractivity contribution in [3.63, 3.8) is 0 Å². The number of methoxy groups -OCH3 is 1. The first-order valence-electron chi connectivity index (χ1n) is 34.6. The average Bonchev–Trinajstić information content (AvgIpc) is 3.52. The van der Waals surface area contributed by atoms with E-state index in [1.807, 2.05) is 0 Å². The van der Waals surface area contributed by atoms with E-state index in [0.717, 1.165) is 26.1 Å². The summed E-state index contributed by atoms with van der Waals surface area (Å²) in [6.07, 6.45) is 46.0. The maximum absolute atomic E-state index is 11.8. The average molecular weight is 1250 g/mol. The molecule has 0 aromatic heterocycles. The molecule has 0 saturated carbocycles. The van der Waals surface area contributed by atoms with E-state index in [9.17, 15) is 9.59 Å². The van der Waals surface area contributed by atoms with Crippen LogP contribution >= 0.6 is 0 Å². The summed E-state index contributed by atoms with van der Waals surface area (Å²) in [6, 6.07) is 0. The van der Waals surface area contributed by atoms with Crippen molar-refractivity contribution in [1.82, 2.24) is 10.6 Å². The Morgan fingerprint density at radius 2 is 0.575 bits per heavy atom. The molecule has 0 aliphatic carbocycles. The summed E-state index contributed by atoms with van der Waals surface area (Å²) < 4.78 is 83.6. The third-order valence-corrected chi connectivity index (χ3v) is 13.8. The fourth-order valence-corrected chi connectivity index (χ4v) is 8.71. The molecule has 0 saturated heterocycles. The van der Waals surface area contributed by atoms with Gasteiger partial charge in [0.25, 0.3) is 0 Å². The van der Waals surface area contributed by atoms with Crippen molar-refractivity contribution in [1.29, 1.82) is 0 Å². The van der Waals surface area contributed by atoms with Gasteiger partial charge in [0, 0.05) is 33.4 Å². The quantitative estimate of drug-likeness (QED) is 0.0331. The minimum atomic E-state index is -0.413. The van der Waals surface area contributed by atoms with E-state index in [0.29, 0.717) is 152 Å². The van der Waals surface area contributed by atoms with Crippen LogP contribution < -0.4 is 10.6 Å². The van der Waals surface area contributed by atoms with Gasteiger partial charge in [-0.05, 0) is 64.2 Å². The molecule has 0 rings (SSSR count). The van der Waals surface area contributed by atoms with Gasteiger partial charge in [0.2, 0.25) is 0 Å². The molecule has 0 fully saturated rings. The fraction of sp³-hybridized carbons (Fsp3) is 0.912. The lowest BCUT2D eigenvalue weighted by Crippen LogP contribution is -2.31. The maximum Gasteiger partial charge on any atom is 0.320 e. The molecule has 0 heterocycles. The number of ether oxygens (including phenoxy) is 15. The van der Waals surface area contributed by atoms with Gasteiger partial charge in [0.1, 0.15) is 19.3 Å². The fourth-order valence-electron chi connectivity index (χ4n) is 8.71. The number of rotatable bonds is 77. The second-order valence-corrected chi connectivity index (χ2v) is 21.8. The summed E-state index contributed by atoms with van der Waals surface area (Å²) in [4.78, 5) is 23.3. The van der Waals surface area contributed by atoms with Crippen LogP contribution in [0.15, 0.2) is 24.3 Å². The first-order valence-corrected chi connectivity index (χ1v) is 34.6. The van der Waals surface area contributed by atoms with E-state index in [-0.39, 0.29) is 45.0 Å². The Morgan fingerprint density at radius 3 is 0.931 bits per heavy atom. The summed E-state index contributed by atoms with van der Waals surface area (Å²) in [5.41, 5.74) is 0. The summed E-state index contributed by atoms with van der Waals surface area (Å²) in [6.45, 7) is 17.7. The lowest BCUT2D eigenvalue weighted by atomic mass is 10.1. The van der Waals surface area contributed by atoms with Crippen LogP contribution in [0.5, 0.6) is 0 Å². The molecule has 0 aliphatic heterocycles. The molecular weight excluding hydrogens is 1120 g/mol. The van der Waals surface area contributed by atoms with Crippen LogP contribution in [-0.2, 0) is 80.6 Å². The number of hydrogen-bond donors (Lipinski definition) is 2. The van der Waals surface area contributed by atoms with Crippen LogP contribution in [0.3, 0.4) is 0 Å². The van der Waals surface area contributed by atoms with Gasteiger partial charge in [-0.25, -0.2) is 0 Å². The molecule has 516 valence electrons. The number of esters is 2. The molecule has 0 radical (unpaired) electrons. The summed E-state index contributed by atoms with van der Waals surface area (Å²) in [5.74, 6) is -0.779. The molecular formula is C68H132N2O17. The number of unbranched alkanes of at least 4 members (excludes halogenated alkanes) is 24. The van der Waals surface area contributed by atoms with Gasteiger partial charge in [0.15, 0.2) is 0 Å². The van der Waals surface area contributed by atoms with Crippen LogP contribution in [0.1, 0.15) is 194 Å². The molecule has 87 heavy (non-hydrogen) atoms. The molecule has 2 N–H and O–H groups in total. The zero-order valence-electron chi connectivity index (χ0n) is 55.8. The number of nitrogens with one attached hydrogen (secondary N) is 2. The Kier molecular flexibility index (Phi) is 76.1. The highest BCUT2D eigenvalue weighted by Gasteiger charge is 2.11. The zero-order valence-corrected chi connectivity index (χ0v) is 55.8. The monoisotopic (exact) mass is 1250 g/mol. The van der Waals surface area contributed by atoms with Crippen LogP contribution in [0, 0.1) is 0 Å². The van der Waals surface area contributed by atoms with Gasteiger partial charge in [-0.1, -0.05) is 154 Å². The van der Waals surface area contributed by atoms with E-state index >= 15 is 0 Å². The van der Waals surface area contributed by atoms with Crippen LogP contribution in [0.25, 0.3) is 0 Å². The van der Waals surface area contributed by atoms with Gasteiger partial charge in [-0.15, -0.1) is 0 Å². The zero-order chi connectivity index (χ0) is 62.6. The lowest BCUT2D eigenvalue weighted by Gasteiger charge is -2.18. The molecule has 19 heteroatoms. The standard InChI is InChI=1S/C68H132N2O17/c1-4-6-8-10-12-14-16-18-20-22-24-26-28-30-32-34-38-83-64-66(85-39-35-33-31-29-27-25-23-21-19-17-15-13-11-9-7-5-2)65-84-59-58-81-55-54-79-51-50-77-47-46-75-43-42-74-44-45-76-48-49-78-52-53-80-56-57-82-60-61-87-68(72)63-70-37-41-86-67(71)62-69-36-40-73-3/h18-21,66,69-70H,4-17,22-65H2,1-3H3/b20-18-,21-19-.